The topological polar surface area (TPSA) is 158 Å². The number of methoxy groups -OCH3 is 1. The summed E-state index contributed by atoms with van der Waals surface area (Å²) >= 11 is 0. The predicted octanol–water partition coefficient (Wildman–Crippen LogP) is 1.89. The summed E-state index contributed by atoms with van der Waals surface area (Å²) in [7, 11) is 1.31. The van der Waals surface area contributed by atoms with Crippen LogP contribution in [0, 0.1) is 11.3 Å². The normalized spacial score (nSPS) is 22.2. The first kappa shape index (κ1) is 32.8. The zero-order valence-corrected chi connectivity index (χ0v) is 22.8. The van der Waals surface area contributed by atoms with E-state index in [2.05, 4.69) is 14.2 Å². The molecule has 0 bridgehead atoms. The van der Waals surface area contributed by atoms with Gasteiger partial charge in [0.25, 0.3) is 0 Å². The molecule has 2 atom stereocenters. The molecule has 206 valence electrons. The summed E-state index contributed by atoms with van der Waals surface area (Å²) in [6.07, 6.45) is -1.49. The van der Waals surface area contributed by atoms with Gasteiger partial charge in [-0.3, -0.25) is 9.59 Å². The first-order chi connectivity index (χ1) is 16.2. The predicted molar refractivity (Wildman–Crippen MR) is 123 cm³/mol. The Morgan fingerprint density at radius 3 is 1.53 bits per heavy atom. The molecule has 12 heteroatoms. The first-order valence-corrected chi connectivity index (χ1v) is 11.3. The van der Waals surface area contributed by atoms with Crippen molar-refractivity contribution < 1.29 is 57.2 Å². The highest BCUT2D eigenvalue weighted by atomic mass is 16.7. The van der Waals surface area contributed by atoms with Gasteiger partial charge in [-0.1, -0.05) is 13.8 Å². The van der Waals surface area contributed by atoms with Crippen LogP contribution in [0.15, 0.2) is 0 Å². The fourth-order valence-electron chi connectivity index (χ4n) is 2.18. The smallest absolute Gasteiger partial charge is 0.351 e. The van der Waals surface area contributed by atoms with Crippen molar-refractivity contribution in [2.45, 2.75) is 92.6 Å². The van der Waals surface area contributed by atoms with Crippen molar-refractivity contribution >= 4 is 35.8 Å². The van der Waals surface area contributed by atoms with Crippen LogP contribution in [0.25, 0.3) is 0 Å². The maximum atomic E-state index is 11.2. The van der Waals surface area contributed by atoms with E-state index in [4.69, 9.17) is 14.2 Å². The van der Waals surface area contributed by atoms with Gasteiger partial charge >= 0.3 is 35.8 Å². The number of hydrogen-bond acceptors (Lipinski definition) is 12. The molecule has 0 aromatic carbocycles. The largest absolute Gasteiger partial charge is 0.469 e. The molecule has 0 aliphatic carbocycles. The van der Waals surface area contributed by atoms with Crippen LogP contribution in [0.2, 0.25) is 0 Å². The van der Waals surface area contributed by atoms with Crippen LogP contribution in [0.5, 0.6) is 0 Å². The number of carbonyl (C=O) groups excluding carboxylic acids is 6. The highest BCUT2D eigenvalue weighted by molar-refractivity contribution is 5.92. The molecule has 0 saturated carbocycles. The highest BCUT2D eigenvalue weighted by Gasteiger charge is 2.48. The molecule has 2 fully saturated rings. The van der Waals surface area contributed by atoms with E-state index >= 15 is 0 Å². The molecule has 0 aromatic heterocycles. The molecular formula is C24H38O12. The number of carbonyl (C=O) groups is 6. The van der Waals surface area contributed by atoms with Crippen LogP contribution < -0.4 is 0 Å². The van der Waals surface area contributed by atoms with E-state index in [9.17, 15) is 28.8 Å². The minimum atomic E-state index is -1.15. The third kappa shape index (κ3) is 9.82. The Bertz CT molecular complexity index is 807. The second-order valence-corrected chi connectivity index (χ2v) is 10.1. The van der Waals surface area contributed by atoms with Crippen LogP contribution >= 0.6 is 0 Å². The van der Waals surface area contributed by atoms with Gasteiger partial charge in [0.05, 0.1) is 18.4 Å². The minimum Gasteiger partial charge on any atom is -0.469 e. The van der Waals surface area contributed by atoms with E-state index in [0.717, 1.165) is 0 Å². The molecule has 0 N–H and O–H groups in total. The molecule has 0 spiro atoms. The van der Waals surface area contributed by atoms with Gasteiger partial charge in [-0.25, -0.2) is 19.2 Å². The molecule has 2 rings (SSSR count). The Kier molecular flexibility index (Phi) is 11.6. The average molecular weight is 519 g/mol. The number of esters is 6. The lowest BCUT2D eigenvalue weighted by atomic mass is 9.95. The zero-order chi connectivity index (χ0) is 28.6. The minimum absolute atomic E-state index is 0.0523. The third-order valence-electron chi connectivity index (χ3n) is 4.71. The van der Waals surface area contributed by atoms with Crippen LogP contribution in [-0.4, -0.2) is 72.9 Å². The van der Waals surface area contributed by atoms with E-state index in [-0.39, 0.29) is 24.5 Å². The Morgan fingerprint density at radius 2 is 1.22 bits per heavy atom. The fraction of sp³-hybridized carbons (Fsp3) is 0.750. The van der Waals surface area contributed by atoms with Crippen LogP contribution in [-0.2, 0) is 57.2 Å². The maximum absolute atomic E-state index is 11.2. The molecule has 2 unspecified atom stereocenters. The first-order valence-electron chi connectivity index (χ1n) is 11.3. The number of rotatable bonds is 4. The Labute approximate surface area is 211 Å². The maximum Gasteiger partial charge on any atom is 0.351 e. The Hall–Kier alpha value is -3.18. The van der Waals surface area contributed by atoms with Gasteiger partial charge < -0.3 is 28.4 Å². The molecule has 36 heavy (non-hydrogen) atoms. The van der Waals surface area contributed by atoms with Crippen molar-refractivity contribution in [3.63, 3.8) is 0 Å². The van der Waals surface area contributed by atoms with Crippen molar-refractivity contribution in [3.8, 4) is 0 Å². The van der Waals surface area contributed by atoms with Gasteiger partial charge in [0.15, 0.2) is 12.2 Å². The molecule has 2 saturated heterocycles. The van der Waals surface area contributed by atoms with Gasteiger partial charge in [0.1, 0.15) is 6.61 Å². The van der Waals surface area contributed by atoms with Gasteiger partial charge in [-0.2, -0.15) is 0 Å². The van der Waals surface area contributed by atoms with Crippen LogP contribution in [0.1, 0.15) is 69.2 Å². The van der Waals surface area contributed by atoms with Crippen molar-refractivity contribution in [2.24, 2.45) is 11.3 Å². The molecule has 2 aliphatic heterocycles. The summed E-state index contributed by atoms with van der Waals surface area (Å²) in [5, 5.41) is 0. The summed E-state index contributed by atoms with van der Waals surface area (Å²) in [6, 6.07) is 0. The van der Waals surface area contributed by atoms with E-state index in [1.54, 1.807) is 27.7 Å². The number of cyclic esters (lactones) is 4. The third-order valence-corrected chi connectivity index (χ3v) is 4.71. The second-order valence-electron chi connectivity index (χ2n) is 10.1. The quantitative estimate of drug-likeness (QED) is 0.394. The van der Waals surface area contributed by atoms with Gasteiger partial charge in [-0.15, -0.1) is 0 Å². The van der Waals surface area contributed by atoms with Gasteiger partial charge in [0, 0.05) is 0 Å². The van der Waals surface area contributed by atoms with Crippen molar-refractivity contribution in [1.29, 1.82) is 0 Å². The lowest BCUT2D eigenvalue weighted by Gasteiger charge is -2.36. The van der Waals surface area contributed by atoms with Crippen molar-refractivity contribution in [3.05, 3.63) is 0 Å². The van der Waals surface area contributed by atoms with E-state index in [1.807, 2.05) is 0 Å². The standard InChI is InChI=1S/C10H18O4.C8H12O4.C6H8O4/c1-7(2)8(11)14-6-10(3,4)9(12)13-5;1-7(2)5(9)12-8(3,4)6(10)11-7;1-3-5(7)10-4(2)6(8)9-3/h7H,6H2,1-5H3;1-4H3;3-4H,1-2H3. The van der Waals surface area contributed by atoms with Crippen molar-refractivity contribution in [2.75, 3.05) is 13.7 Å². The van der Waals surface area contributed by atoms with Gasteiger partial charge in [0.2, 0.25) is 11.2 Å². The lowest BCUT2D eigenvalue weighted by Crippen LogP contribution is -2.54. The zero-order valence-electron chi connectivity index (χ0n) is 22.8. The van der Waals surface area contributed by atoms with E-state index < -0.39 is 52.7 Å². The fourth-order valence-corrected chi connectivity index (χ4v) is 2.18. The molecule has 0 amide bonds. The summed E-state index contributed by atoms with van der Waals surface area (Å²) < 4.78 is 28.5. The summed E-state index contributed by atoms with van der Waals surface area (Å²) in [6.45, 7) is 15.9. The molecule has 12 nitrogen and oxygen atoms in total. The monoisotopic (exact) mass is 518 g/mol. The summed E-state index contributed by atoms with van der Waals surface area (Å²) in [5.41, 5.74) is -3.07. The van der Waals surface area contributed by atoms with Crippen LogP contribution in [0.4, 0.5) is 0 Å². The number of ether oxygens (including phenoxy) is 6. The molecule has 2 aliphatic rings. The molecule has 0 radical (unpaired) electrons. The Morgan fingerprint density at radius 1 is 0.861 bits per heavy atom. The van der Waals surface area contributed by atoms with Crippen LogP contribution in [0.3, 0.4) is 0 Å². The van der Waals surface area contributed by atoms with Crippen molar-refractivity contribution in [1.82, 2.24) is 0 Å². The van der Waals surface area contributed by atoms with E-state index in [1.165, 1.54) is 48.7 Å². The SMILES string of the molecule is CC1(C)OC(=O)C(C)(C)OC1=O.CC1OC(=O)C(C)OC1=O.COC(=O)C(C)(C)COC(=O)C(C)C. The molecule has 0 aromatic rings. The summed E-state index contributed by atoms with van der Waals surface area (Å²) in [4.78, 5) is 66.0. The molecule has 2 heterocycles. The lowest BCUT2D eigenvalue weighted by molar-refractivity contribution is -0.218. The average Bonchev–Trinajstić information content (AvgIpc) is 2.74. The summed E-state index contributed by atoms with van der Waals surface area (Å²) in [5.74, 6) is -2.84. The van der Waals surface area contributed by atoms with E-state index in [0.29, 0.717) is 0 Å². The number of hydrogen-bond donors (Lipinski definition) is 0. The van der Waals surface area contributed by atoms with Gasteiger partial charge in [-0.05, 0) is 55.4 Å². The molecular weight excluding hydrogens is 480 g/mol. The second kappa shape index (κ2) is 12.7. The highest BCUT2D eigenvalue weighted by Crippen LogP contribution is 2.26. The Balaban J connectivity index is 0.000000516.